The Morgan fingerprint density at radius 1 is 0.771 bits per heavy atom. The Labute approximate surface area is 275 Å². The summed E-state index contributed by atoms with van der Waals surface area (Å²) in [6, 6.07) is 3.60. The van der Waals surface area contributed by atoms with Crippen LogP contribution < -0.4 is 10.6 Å². The maximum atomic E-state index is 13.0. The molecule has 0 saturated carbocycles. The highest BCUT2D eigenvalue weighted by Crippen LogP contribution is 2.44. The summed E-state index contributed by atoms with van der Waals surface area (Å²) in [7, 11) is -4.46. The number of halogens is 1. The molecule has 1 aromatic rings. The Balaban J connectivity index is 2.40. The molecule has 48 heavy (non-hydrogen) atoms. The lowest BCUT2D eigenvalue weighted by atomic mass is 9.94. The van der Waals surface area contributed by atoms with Gasteiger partial charge in [0.1, 0.15) is 17.6 Å². The predicted octanol–water partition coefficient (Wildman–Crippen LogP) is 2.67. The van der Waals surface area contributed by atoms with Gasteiger partial charge in [0.15, 0.2) is 0 Å². The van der Waals surface area contributed by atoms with Gasteiger partial charge >= 0.3 is 31.5 Å². The highest BCUT2D eigenvalue weighted by atomic mass is 31.2. The molecule has 268 valence electrons. The van der Waals surface area contributed by atoms with E-state index in [4.69, 9.17) is 14.7 Å². The van der Waals surface area contributed by atoms with E-state index in [1.54, 1.807) is 0 Å². The molecule has 0 aromatic heterocycles. The van der Waals surface area contributed by atoms with Gasteiger partial charge in [-0.2, -0.15) is 0 Å². The first-order valence-electron chi connectivity index (χ1n) is 15.2. The lowest BCUT2D eigenvalue weighted by Gasteiger charge is -2.18. The summed E-state index contributed by atoms with van der Waals surface area (Å²) in [5.74, 6) is -10.1. The maximum absolute atomic E-state index is 13.0. The van der Waals surface area contributed by atoms with E-state index >= 15 is 0 Å². The summed E-state index contributed by atoms with van der Waals surface area (Å²) in [5, 5.41) is 41.7. The van der Waals surface area contributed by atoms with Crippen LogP contribution in [-0.4, -0.2) is 92.1 Å². The van der Waals surface area contributed by atoms with Crippen LogP contribution in [0.25, 0.3) is 0 Å². The molecule has 2 amide bonds. The van der Waals surface area contributed by atoms with E-state index in [9.17, 15) is 57.6 Å². The number of ketones is 1. The Bertz CT molecular complexity index is 1320. The van der Waals surface area contributed by atoms with Crippen molar-refractivity contribution in [2.75, 3.05) is 19.3 Å². The van der Waals surface area contributed by atoms with Crippen LogP contribution in [0.1, 0.15) is 81.0 Å². The first-order chi connectivity index (χ1) is 22.5. The van der Waals surface area contributed by atoms with Crippen LogP contribution in [0.2, 0.25) is 0 Å². The van der Waals surface area contributed by atoms with Crippen molar-refractivity contribution >= 4 is 49.1 Å². The average Bonchev–Trinajstić information content (AvgIpc) is 3.00. The molecule has 0 saturated heterocycles. The summed E-state index contributed by atoms with van der Waals surface area (Å²) in [6.07, 6.45) is -1.47. The van der Waals surface area contributed by atoms with Crippen molar-refractivity contribution in [1.29, 1.82) is 0 Å². The lowest BCUT2D eigenvalue weighted by Crippen LogP contribution is -2.41. The molecule has 0 aliphatic heterocycles. The van der Waals surface area contributed by atoms with Gasteiger partial charge in [-0.1, -0.05) is 6.42 Å². The lowest BCUT2D eigenvalue weighted by molar-refractivity contribution is -0.145. The molecular formula is C30H42FN2O14P. The molecule has 1 unspecified atom stereocenters. The van der Waals surface area contributed by atoms with Gasteiger partial charge in [-0.25, -0.2) is 9.18 Å². The van der Waals surface area contributed by atoms with Crippen LogP contribution in [0, 0.1) is 17.7 Å². The maximum Gasteiger partial charge on any atom is 0.328 e. The second-order valence-electron chi connectivity index (χ2n) is 11.1. The fourth-order valence-corrected chi connectivity index (χ4v) is 5.88. The highest BCUT2D eigenvalue weighted by Gasteiger charge is 2.31. The van der Waals surface area contributed by atoms with Crippen LogP contribution in [0.4, 0.5) is 4.39 Å². The van der Waals surface area contributed by atoms with Gasteiger partial charge in [0.2, 0.25) is 5.91 Å². The molecule has 0 spiro atoms. The summed E-state index contributed by atoms with van der Waals surface area (Å²) < 4.78 is 30.0. The fraction of sp³-hybridized carbons (Fsp3) is 0.567. The minimum Gasteiger partial charge on any atom is -0.481 e. The van der Waals surface area contributed by atoms with Crippen molar-refractivity contribution in [2.24, 2.45) is 11.8 Å². The normalized spacial score (nSPS) is 14.1. The van der Waals surface area contributed by atoms with E-state index < -0.39 is 93.1 Å². The first kappa shape index (κ1) is 41.8. The van der Waals surface area contributed by atoms with E-state index in [1.165, 1.54) is 24.3 Å². The number of hydrogen-bond donors (Lipinski definition) is 7. The van der Waals surface area contributed by atoms with E-state index in [-0.39, 0.29) is 43.8 Å². The van der Waals surface area contributed by atoms with Gasteiger partial charge in [0.05, 0.1) is 24.6 Å². The smallest absolute Gasteiger partial charge is 0.328 e. The molecule has 1 rings (SSSR count). The molecule has 0 aliphatic rings. The first-order valence-corrected chi connectivity index (χ1v) is 17.0. The topological polar surface area (TPSA) is 271 Å². The molecule has 0 heterocycles. The van der Waals surface area contributed by atoms with E-state index in [0.29, 0.717) is 31.4 Å². The van der Waals surface area contributed by atoms with Crippen molar-refractivity contribution in [3.05, 3.63) is 35.6 Å². The largest absolute Gasteiger partial charge is 0.481 e. The van der Waals surface area contributed by atoms with E-state index in [2.05, 4.69) is 10.6 Å². The number of carboxylic acids is 4. The fourth-order valence-electron chi connectivity index (χ4n) is 4.46. The van der Waals surface area contributed by atoms with Crippen LogP contribution in [0.3, 0.4) is 0 Å². The Morgan fingerprint density at radius 2 is 1.40 bits per heavy atom. The number of Topliss-reactive ketones (excluding diaryl/α,β-unsaturated/α-hetero) is 1. The van der Waals surface area contributed by atoms with Gasteiger partial charge in [0, 0.05) is 37.8 Å². The monoisotopic (exact) mass is 704 g/mol. The van der Waals surface area contributed by atoms with Crippen LogP contribution in [0.15, 0.2) is 24.3 Å². The molecule has 18 heteroatoms. The van der Waals surface area contributed by atoms with E-state index in [1.807, 2.05) is 0 Å². The molecule has 0 aliphatic carbocycles. The minimum atomic E-state index is -4.46. The number of rotatable bonds is 26. The van der Waals surface area contributed by atoms with Gasteiger partial charge in [0.25, 0.3) is 5.91 Å². The van der Waals surface area contributed by atoms with Crippen LogP contribution in [-0.2, 0) is 37.9 Å². The number of hydrogen-bond acceptors (Lipinski definition) is 9. The molecule has 0 radical (unpaired) electrons. The van der Waals surface area contributed by atoms with Gasteiger partial charge in [-0.15, -0.1) is 0 Å². The molecule has 1 aromatic carbocycles. The Hall–Kier alpha value is -4.21. The molecule has 4 atom stereocenters. The molecule has 0 bridgehead atoms. The van der Waals surface area contributed by atoms with Crippen LogP contribution >= 0.6 is 7.60 Å². The van der Waals surface area contributed by atoms with Crippen molar-refractivity contribution in [1.82, 2.24) is 10.6 Å². The number of amides is 2. The standard InChI is InChI=1S/C30H42FN2O14P/c31-22-11-7-19(8-12-22)27(38)32-15-3-1-2-5-23(34)17-20(28(39)40)9-13-25(35)33-24(30(43)44)6-4-16-47-48(45,46)18-21(29(41)42)10-14-26(36)37/h7-8,11-12,20-21,24H,1-6,9-10,13-18H2,(H,32,38)(H,33,35)(H,36,37)(H,39,40)(H,41,42)(H,43,44)(H,45,46)/t20-,21-,24+/m1/s1. The number of unbranched alkanes of at least 4 members (excludes halogenated alkanes) is 2. The number of benzene rings is 1. The van der Waals surface area contributed by atoms with Gasteiger partial charge < -0.3 is 40.5 Å². The third kappa shape index (κ3) is 18.2. The van der Waals surface area contributed by atoms with E-state index in [0.717, 1.165) is 0 Å². The molecule has 7 N–H and O–H groups in total. The summed E-state index contributed by atoms with van der Waals surface area (Å²) >= 11 is 0. The second-order valence-corrected chi connectivity index (χ2v) is 13.0. The van der Waals surface area contributed by atoms with Gasteiger partial charge in [-0.05, 0) is 62.8 Å². The number of carboxylic acid groups (broad SMARTS) is 4. The number of nitrogens with one attached hydrogen (secondary N) is 2. The predicted molar refractivity (Wildman–Crippen MR) is 165 cm³/mol. The zero-order valence-corrected chi connectivity index (χ0v) is 27.1. The zero-order chi connectivity index (χ0) is 36.3. The third-order valence-electron chi connectivity index (χ3n) is 7.14. The Kier molecular flexibility index (Phi) is 18.8. The number of aliphatic carboxylic acids is 4. The second kappa shape index (κ2) is 21.6. The average molecular weight is 705 g/mol. The van der Waals surface area contributed by atoms with Crippen molar-refractivity contribution in [2.45, 2.75) is 76.7 Å². The minimum absolute atomic E-state index is 0.0884. The number of carbonyl (C=O) groups excluding carboxylic acids is 3. The van der Waals surface area contributed by atoms with Gasteiger partial charge in [-0.3, -0.25) is 33.3 Å². The SMILES string of the molecule is O=C(O)CC[C@H](CP(=O)(O)OCCC[C@H](NC(=O)CC[C@H](CC(=O)CCCCCNC(=O)c1ccc(F)cc1)C(=O)O)C(=O)O)C(=O)O. The summed E-state index contributed by atoms with van der Waals surface area (Å²) in [5.41, 5.74) is 0.307. The van der Waals surface area contributed by atoms with Crippen molar-refractivity contribution < 1.29 is 72.4 Å². The highest BCUT2D eigenvalue weighted by molar-refractivity contribution is 7.52. The Morgan fingerprint density at radius 3 is 1.98 bits per heavy atom. The summed E-state index contributed by atoms with van der Waals surface area (Å²) in [6.45, 7) is -0.139. The quantitative estimate of drug-likeness (QED) is 0.0540. The molecular weight excluding hydrogens is 662 g/mol. The third-order valence-corrected chi connectivity index (χ3v) is 8.63. The van der Waals surface area contributed by atoms with Crippen molar-refractivity contribution in [3.63, 3.8) is 0 Å². The molecule has 16 nitrogen and oxygen atoms in total. The van der Waals surface area contributed by atoms with Crippen molar-refractivity contribution in [3.8, 4) is 0 Å². The zero-order valence-electron chi connectivity index (χ0n) is 26.2. The molecule has 0 fully saturated rings. The van der Waals surface area contributed by atoms with Crippen LogP contribution in [0.5, 0.6) is 0 Å². The summed E-state index contributed by atoms with van der Waals surface area (Å²) in [4.78, 5) is 91.8. The number of carbonyl (C=O) groups is 7.